The molecular weight excluding hydrogens is 271 g/mol. The van der Waals surface area contributed by atoms with Gasteiger partial charge in [-0.1, -0.05) is 60.7 Å². The second-order valence-corrected chi connectivity index (χ2v) is 6.34. The zero-order valence-electron chi connectivity index (χ0n) is 11.2. The molecule has 0 fully saturated rings. The van der Waals surface area contributed by atoms with Crippen molar-refractivity contribution in [2.45, 2.75) is 6.92 Å². The predicted molar refractivity (Wildman–Crippen MR) is 81.6 cm³/mol. The average Bonchev–Trinajstić information content (AvgIpc) is 2.41. The Morgan fingerprint density at radius 3 is 2.25 bits per heavy atom. The maximum absolute atomic E-state index is 11.1. The van der Waals surface area contributed by atoms with Crippen LogP contribution in [-0.2, 0) is 4.57 Å². The van der Waals surface area contributed by atoms with Crippen molar-refractivity contribution in [2.24, 2.45) is 0 Å². The van der Waals surface area contributed by atoms with Crippen LogP contribution in [0.2, 0.25) is 0 Å². The third-order valence-electron chi connectivity index (χ3n) is 3.05. The van der Waals surface area contributed by atoms with E-state index in [4.69, 9.17) is 9.79 Å². The second-order valence-electron chi connectivity index (χ2n) is 4.65. The third kappa shape index (κ3) is 3.91. The number of aryl methyl sites for hydroxylation is 1. The molecule has 0 aliphatic carbocycles. The summed E-state index contributed by atoms with van der Waals surface area (Å²) in [6.45, 7) is 1.99. The summed E-state index contributed by atoms with van der Waals surface area (Å²) < 4.78 is 11.1. The summed E-state index contributed by atoms with van der Waals surface area (Å²) in [4.78, 5) is 18.2. The maximum atomic E-state index is 11.1. The maximum Gasteiger partial charge on any atom is 0.329 e. The Labute approximate surface area is 118 Å². The van der Waals surface area contributed by atoms with Gasteiger partial charge in [-0.3, -0.25) is 4.57 Å². The van der Waals surface area contributed by atoms with Crippen LogP contribution in [0.15, 0.2) is 60.7 Å². The van der Waals surface area contributed by atoms with Crippen LogP contribution in [-0.4, -0.2) is 15.9 Å². The van der Waals surface area contributed by atoms with Gasteiger partial charge >= 0.3 is 7.60 Å². The Hall–Kier alpha value is -1.67. The normalized spacial score (nSPS) is 12.4. The van der Waals surface area contributed by atoms with Gasteiger partial charge in [0.25, 0.3) is 0 Å². The van der Waals surface area contributed by atoms with Crippen LogP contribution in [0.3, 0.4) is 0 Å². The van der Waals surface area contributed by atoms with Gasteiger partial charge in [-0.15, -0.1) is 0 Å². The summed E-state index contributed by atoms with van der Waals surface area (Å²) in [5.74, 6) is 0. The monoisotopic (exact) mass is 288 g/mol. The summed E-state index contributed by atoms with van der Waals surface area (Å²) in [5, 5.41) is 0. The Kier molecular flexibility index (Phi) is 4.56. The molecule has 3 nitrogen and oxygen atoms in total. The van der Waals surface area contributed by atoms with Crippen LogP contribution in [0.4, 0.5) is 0 Å². The third-order valence-corrected chi connectivity index (χ3v) is 3.71. The number of benzene rings is 2. The first-order valence-electron chi connectivity index (χ1n) is 6.33. The summed E-state index contributed by atoms with van der Waals surface area (Å²) in [6.07, 6.45) is 1.37. The van der Waals surface area contributed by atoms with Crippen LogP contribution in [0.5, 0.6) is 0 Å². The highest BCUT2D eigenvalue weighted by Gasteiger charge is 2.13. The molecule has 4 heteroatoms. The van der Waals surface area contributed by atoms with E-state index in [9.17, 15) is 4.57 Å². The van der Waals surface area contributed by atoms with E-state index >= 15 is 0 Å². The summed E-state index contributed by atoms with van der Waals surface area (Å²) in [7, 11) is -4.05. The molecule has 2 rings (SSSR count). The van der Waals surface area contributed by atoms with Gasteiger partial charge in [0.1, 0.15) is 0 Å². The van der Waals surface area contributed by atoms with Gasteiger partial charge in [0.05, 0.1) is 6.16 Å². The quantitative estimate of drug-likeness (QED) is 0.845. The lowest BCUT2D eigenvalue weighted by Crippen LogP contribution is -1.93. The number of hydrogen-bond donors (Lipinski definition) is 2. The summed E-state index contributed by atoms with van der Waals surface area (Å²) in [5.41, 5.74) is 3.88. The Bertz CT molecular complexity index is 656. The topological polar surface area (TPSA) is 57.5 Å². The molecule has 2 aromatic rings. The molecule has 0 heterocycles. The molecule has 0 amide bonds. The van der Waals surface area contributed by atoms with Gasteiger partial charge in [-0.05, 0) is 29.2 Å². The van der Waals surface area contributed by atoms with Crippen LogP contribution >= 0.6 is 7.60 Å². The Morgan fingerprint density at radius 2 is 1.65 bits per heavy atom. The number of hydrogen-bond acceptors (Lipinski definition) is 1. The van der Waals surface area contributed by atoms with Crippen molar-refractivity contribution >= 4 is 13.2 Å². The van der Waals surface area contributed by atoms with Crippen molar-refractivity contribution in [3.05, 3.63) is 77.4 Å². The fraction of sp³-hybridized carbons (Fsp3) is 0.125. The van der Waals surface area contributed by atoms with Gasteiger partial charge < -0.3 is 9.79 Å². The average molecular weight is 288 g/mol. The largest absolute Gasteiger partial charge is 0.329 e. The molecule has 0 saturated heterocycles. The lowest BCUT2D eigenvalue weighted by atomic mass is 9.94. The molecule has 2 N–H and O–H groups in total. The minimum Gasteiger partial charge on any atom is -0.324 e. The molecular formula is C16H17O3P. The molecule has 0 atom stereocenters. The van der Waals surface area contributed by atoms with Gasteiger partial charge in [0.15, 0.2) is 0 Å². The van der Waals surface area contributed by atoms with E-state index in [0.29, 0.717) is 0 Å². The molecule has 0 aliphatic heterocycles. The van der Waals surface area contributed by atoms with E-state index < -0.39 is 7.60 Å². The molecule has 104 valence electrons. The van der Waals surface area contributed by atoms with Crippen LogP contribution in [0.25, 0.3) is 5.57 Å². The van der Waals surface area contributed by atoms with Crippen molar-refractivity contribution in [3.8, 4) is 0 Å². The summed E-state index contributed by atoms with van der Waals surface area (Å²) in [6, 6.07) is 17.5. The van der Waals surface area contributed by atoms with E-state index in [-0.39, 0.29) is 6.16 Å². The minimum atomic E-state index is -4.05. The number of allylic oxidation sites excluding steroid dienone is 1. The molecule has 0 spiro atoms. The lowest BCUT2D eigenvalue weighted by molar-refractivity contribution is 0.377. The van der Waals surface area contributed by atoms with E-state index in [2.05, 4.69) is 0 Å². The highest BCUT2D eigenvalue weighted by Crippen LogP contribution is 2.36. The molecule has 0 unspecified atom stereocenters. The molecule has 0 aromatic heterocycles. The smallest absolute Gasteiger partial charge is 0.324 e. The molecule has 0 aliphatic rings. The Morgan fingerprint density at radius 1 is 1.05 bits per heavy atom. The number of rotatable bonds is 4. The minimum absolute atomic E-state index is 0.258. The van der Waals surface area contributed by atoms with Crippen LogP contribution in [0.1, 0.15) is 16.7 Å². The highest BCUT2D eigenvalue weighted by molar-refractivity contribution is 7.51. The van der Waals surface area contributed by atoms with E-state index in [1.54, 1.807) is 6.08 Å². The molecule has 20 heavy (non-hydrogen) atoms. The van der Waals surface area contributed by atoms with E-state index in [1.807, 2.05) is 61.5 Å². The second kappa shape index (κ2) is 6.19. The van der Waals surface area contributed by atoms with Gasteiger partial charge in [0, 0.05) is 0 Å². The lowest BCUT2D eigenvalue weighted by Gasteiger charge is -2.12. The fourth-order valence-electron chi connectivity index (χ4n) is 2.09. The van der Waals surface area contributed by atoms with Gasteiger partial charge in [-0.2, -0.15) is 0 Å². The van der Waals surface area contributed by atoms with Crippen molar-refractivity contribution in [3.63, 3.8) is 0 Å². The summed E-state index contributed by atoms with van der Waals surface area (Å²) >= 11 is 0. The van der Waals surface area contributed by atoms with Crippen LogP contribution < -0.4 is 0 Å². The fourth-order valence-corrected chi connectivity index (χ4v) is 2.51. The predicted octanol–water partition coefficient (Wildman–Crippen LogP) is 3.60. The zero-order chi connectivity index (χ0) is 14.6. The Balaban J connectivity index is 2.51. The van der Waals surface area contributed by atoms with E-state index in [0.717, 1.165) is 22.3 Å². The van der Waals surface area contributed by atoms with Gasteiger partial charge in [0.2, 0.25) is 0 Å². The molecule has 2 aromatic carbocycles. The van der Waals surface area contributed by atoms with Crippen molar-refractivity contribution in [1.29, 1.82) is 0 Å². The van der Waals surface area contributed by atoms with Gasteiger partial charge in [-0.25, -0.2) is 0 Å². The zero-order valence-corrected chi connectivity index (χ0v) is 12.1. The highest BCUT2D eigenvalue weighted by atomic mass is 31.2. The first-order chi connectivity index (χ1) is 9.47. The van der Waals surface area contributed by atoms with Crippen molar-refractivity contribution in [1.82, 2.24) is 0 Å². The molecule has 0 saturated carbocycles. The molecule has 0 bridgehead atoms. The SMILES string of the molecule is Cc1ccccc1C(=CCP(=O)(O)O)c1ccccc1. The first kappa shape index (κ1) is 14.7. The standard InChI is InChI=1S/C16H17O3P/c1-13-7-5-6-10-15(13)16(11-12-20(17,18)19)14-8-3-2-4-9-14/h2-11H,12H2,1H3,(H2,17,18,19). The van der Waals surface area contributed by atoms with E-state index in [1.165, 1.54) is 0 Å². The van der Waals surface area contributed by atoms with Crippen LogP contribution in [0, 0.1) is 6.92 Å². The van der Waals surface area contributed by atoms with Crippen molar-refractivity contribution in [2.75, 3.05) is 6.16 Å². The van der Waals surface area contributed by atoms with Crippen molar-refractivity contribution < 1.29 is 14.4 Å². The molecule has 0 radical (unpaired) electrons. The first-order valence-corrected chi connectivity index (χ1v) is 8.13.